The van der Waals surface area contributed by atoms with E-state index in [-0.39, 0.29) is 11.3 Å². The second kappa shape index (κ2) is 6.54. The van der Waals surface area contributed by atoms with Gasteiger partial charge in [0.2, 0.25) is 10.0 Å². The van der Waals surface area contributed by atoms with Gasteiger partial charge in [-0.3, -0.25) is 0 Å². The normalized spacial score (nSPS) is 12.8. The van der Waals surface area contributed by atoms with E-state index in [9.17, 15) is 13.5 Å². The summed E-state index contributed by atoms with van der Waals surface area (Å²) in [5.41, 5.74) is 0.737. The fourth-order valence-electron chi connectivity index (χ4n) is 1.81. The number of nitriles is 1. The first-order valence-corrected chi connectivity index (χ1v) is 7.67. The molecule has 1 atom stereocenters. The van der Waals surface area contributed by atoms with Crippen LogP contribution in [0.4, 0.5) is 0 Å². The van der Waals surface area contributed by atoms with Gasteiger partial charge in [0.05, 0.1) is 30.3 Å². The van der Waals surface area contributed by atoms with Crippen LogP contribution < -0.4 is 4.72 Å². The molecule has 2 aromatic rings. The standard InChI is InChI=1S/C14H14N2O4S/c15-8-7-11-3-5-12(6-4-11)21(18,19)16-13(10-17)14-2-1-9-20-14/h1-6,9,13,16-17H,7,10H2. The molecule has 0 fully saturated rings. The second-order valence-electron chi connectivity index (χ2n) is 4.35. The average molecular weight is 306 g/mol. The first kappa shape index (κ1) is 15.3. The molecule has 110 valence electrons. The predicted octanol–water partition coefficient (Wildman–Crippen LogP) is 1.36. The largest absolute Gasteiger partial charge is 0.468 e. The summed E-state index contributed by atoms with van der Waals surface area (Å²) < 4.78 is 31.9. The summed E-state index contributed by atoms with van der Waals surface area (Å²) in [6, 6.07) is 10.4. The molecule has 21 heavy (non-hydrogen) atoms. The number of furan rings is 1. The number of rotatable bonds is 6. The lowest BCUT2D eigenvalue weighted by Gasteiger charge is -2.14. The molecular formula is C14H14N2O4S. The number of aliphatic hydroxyl groups excluding tert-OH is 1. The maximum Gasteiger partial charge on any atom is 0.241 e. The maximum atomic E-state index is 12.2. The molecule has 6 nitrogen and oxygen atoms in total. The molecule has 0 amide bonds. The van der Waals surface area contributed by atoms with Crippen molar-refractivity contribution in [2.45, 2.75) is 17.4 Å². The van der Waals surface area contributed by atoms with Gasteiger partial charge in [-0.2, -0.15) is 9.98 Å². The third-order valence-corrected chi connectivity index (χ3v) is 4.37. The van der Waals surface area contributed by atoms with E-state index in [0.717, 1.165) is 5.56 Å². The van der Waals surface area contributed by atoms with Crippen molar-refractivity contribution in [2.24, 2.45) is 0 Å². The summed E-state index contributed by atoms with van der Waals surface area (Å²) in [7, 11) is -3.78. The first-order chi connectivity index (χ1) is 10.1. The van der Waals surface area contributed by atoms with E-state index < -0.39 is 22.7 Å². The molecule has 1 aromatic carbocycles. The van der Waals surface area contributed by atoms with E-state index in [0.29, 0.717) is 5.76 Å². The molecule has 2 N–H and O–H groups in total. The van der Waals surface area contributed by atoms with Crippen LogP contribution in [0.25, 0.3) is 0 Å². The minimum absolute atomic E-state index is 0.0641. The zero-order chi connectivity index (χ0) is 15.3. The number of hydrogen-bond acceptors (Lipinski definition) is 5. The van der Waals surface area contributed by atoms with Crippen LogP contribution in [0.15, 0.2) is 52.0 Å². The lowest BCUT2D eigenvalue weighted by atomic mass is 10.2. The van der Waals surface area contributed by atoms with Gasteiger partial charge < -0.3 is 9.52 Å². The Labute approximate surface area is 122 Å². The zero-order valence-corrected chi connectivity index (χ0v) is 11.9. The van der Waals surface area contributed by atoms with Crippen molar-refractivity contribution < 1.29 is 17.9 Å². The first-order valence-electron chi connectivity index (χ1n) is 6.19. The number of sulfonamides is 1. The second-order valence-corrected chi connectivity index (χ2v) is 6.06. The molecule has 2 rings (SSSR count). The highest BCUT2D eigenvalue weighted by Crippen LogP contribution is 2.18. The van der Waals surface area contributed by atoms with Gasteiger partial charge in [-0.15, -0.1) is 0 Å². The van der Waals surface area contributed by atoms with Gasteiger partial charge in [0, 0.05) is 0 Å². The third kappa shape index (κ3) is 3.70. The summed E-state index contributed by atoms with van der Waals surface area (Å²) in [4.78, 5) is 0.0641. The van der Waals surface area contributed by atoms with Crippen LogP contribution in [-0.2, 0) is 16.4 Å². The maximum absolute atomic E-state index is 12.2. The molecule has 1 unspecified atom stereocenters. The molecule has 0 aliphatic heterocycles. The molecule has 0 saturated heterocycles. The Bertz CT molecular complexity index is 715. The van der Waals surface area contributed by atoms with Gasteiger partial charge in [0.15, 0.2) is 0 Å². The van der Waals surface area contributed by atoms with Gasteiger partial charge in [-0.05, 0) is 29.8 Å². The quantitative estimate of drug-likeness (QED) is 0.838. The van der Waals surface area contributed by atoms with E-state index >= 15 is 0 Å². The van der Waals surface area contributed by atoms with Crippen LogP contribution in [0.5, 0.6) is 0 Å². The van der Waals surface area contributed by atoms with Crippen LogP contribution >= 0.6 is 0 Å². The minimum atomic E-state index is -3.78. The van der Waals surface area contributed by atoms with Crippen LogP contribution in [-0.4, -0.2) is 20.1 Å². The summed E-state index contributed by atoms with van der Waals surface area (Å²) in [5, 5.41) is 17.9. The van der Waals surface area contributed by atoms with Crippen molar-refractivity contribution in [1.82, 2.24) is 4.72 Å². The molecule has 0 saturated carbocycles. The molecular weight excluding hydrogens is 292 g/mol. The van der Waals surface area contributed by atoms with E-state index in [1.807, 2.05) is 6.07 Å². The highest BCUT2D eigenvalue weighted by molar-refractivity contribution is 7.89. The fraction of sp³-hybridized carbons (Fsp3) is 0.214. The van der Waals surface area contributed by atoms with E-state index in [1.54, 1.807) is 24.3 Å². The molecule has 0 spiro atoms. The molecule has 0 radical (unpaired) electrons. The Balaban J connectivity index is 2.19. The molecule has 0 aliphatic carbocycles. The number of nitrogens with one attached hydrogen (secondary N) is 1. The van der Waals surface area contributed by atoms with Crippen LogP contribution in [0.1, 0.15) is 17.4 Å². The Morgan fingerprint density at radius 3 is 2.52 bits per heavy atom. The summed E-state index contributed by atoms with van der Waals surface area (Å²) in [5.74, 6) is 0.335. The van der Waals surface area contributed by atoms with Crippen LogP contribution in [0.3, 0.4) is 0 Å². The van der Waals surface area contributed by atoms with Crippen molar-refractivity contribution >= 4 is 10.0 Å². The predicted molar refractivity (Wildman–Crippen MR) is 74.6 cm³/mol. The van der Waals surface area contributed by atoms with Crippen molar-refractivity contribution in [2.75, 3.05) is 6.61 Å². The van der Waals surface area contributed by atoms with Crippen molar-refractivity contribution in [1.29, 1.82) is 5.26 Å². The highest BCUT2D eigenvalue weighted by Gasteiger charge is 2.22. The average Bonchev–Trinajstić information content (AvgIpc) is 3.00. The van der Waals surface area contributed by atoms with Crippen molar-refractivity contribution in [3.63, 3.8) is 0 Å². The molecule has 7 heteroatoms. The highest BCUT2D eigenvalue weighted by atomic mass is 32.2. The lowest BCUT2D eigenvalue weighted by Crippen LogP contribution is -2.30. The van der Waals surface area contributed by atoms with Gasteiger partial charge in [0.25, 0.3) is 0 Å². The molecule has 0 bridgehead atoms. The molecule has 0 aliphatic rings. The topological polar surface area (TPSA) is 103 Å². The Morgan fingerprint density at radius 2 is 2.00 bits per heavy atom. The smallest absolute Gasteiger partial charge is 0.241 e. The van der Waals surface area contributed by atoms with E-state index in [4.69, 9.17) is 9.68 Å². The van der Waals surface area contributed by atoms with Crippen LogP contribution in [0, 0.1) is 11.3 Å². The number of aliphatic hydroxyl groups is 1. The summed E-state index contributed by atoms with van der Waals surface area (Å²) >= 11 is 0. The number of benzene rings is 1. The number of hydrogen-bond donors (Lipinski definition) is 2. The van der Waals surface area contributed by atoms with Gasteiger partial charge in [-0.25, -0.2) is 8.42 Å². The van der Waals surface area contributed by atoms with Gasteiger partial charge in [-0.1, -0.05) is 12.1 Å². The SMILES string of the molecule is N#CCc1ccc(S(=O)(=O)NC(CO)c2ccco2)cc1. The summed E-state index contributed by atoms with van der Waals surface area (Å²) in [6.07, 6.45) is 1.63. The van der Waals surface area contributed by atoms with Crippen LogP contribution in [0.2, 0.25) is 0 Å². The fourth-order valence-corrected chi connectivity index (χ4v) is 3.00. The van der Waals surface area contributed by atoms with E-state index in [2.05, 4.69) is 4.72 Å². The van der Waals surface area contributed by atoms with Gasteiger partial charge in [0.1, 0.15) is 11.8 Å². The molecule has 1 aromatic heterocycles. The minimum Gasteiger partial charge on any atom is -0.468 e. The van der Waals surface area contributed by atoms with Crippen molar-refractivity contribution in [3.05, 3.63) is 54.0 Å². The lowest BCUT2D eigenvalue weighted by molar-refractivity contribution is 0.242. The monoisotopic (exact) mass is 306 g/mol. The Morgan fingerprint density at radius 1 is 1.29 bits per heavy atom. The Hall–Kier alpha value is -2.14. The third-order valence-electron chi connectivity index (χ3n) is 2.88. The van der Waals surface area contributed by atoms with Gasteiger partial charge >= 0.3 is 0 Å². The van der Waals surface area contributed by atoms with E-state index in [1.165, 1.54) is 18.4 Å². The molecule has 1 heterocycles. The Kier molecular flexibility index (Phi) is 4.75. The zero-order valence-electron chi connectivity index (χ0n) is 11.1. The number of nitrogens with zero attached hydrogens (tertiary/aromatic N) is 1. The summed E-state index contributed by atoms with van der Waals surface area (Å²) in [6.45, 7) is -0.417. The van der Waals surface area contributed by atoms with Crippen molar-refractivity contribution in [3.8, 4) is 6.07 Å².